The molecule has 1 rings (SSSR count). The van der Waals surface area contributed by atoms with Crippen LogP contribution in [0.25, 0.3) is 0 Å². The number of aryl methyl sites for hydroxylation is 1. The smallest absolute Gasteiger partial charge is 0.253 e. The third-order valence-corrected chi connectivity index (χ3v) is 6.83. The Kier molecular flexibility index (Phi) is 8.24. The van der Waals surface area contributed by atoms with E-state index in [0.717, 1.165) is 5.56 Å². The molecule has 7 heteroatoms. The number of nitrogens with two attached hydrogens (primary N) is 1. The van der Waals surface area contributed by atoms with Gasteiger partial charge >= 0.3 is 0 Å². The number of nitrogens with zero attached hydrogens (tertiary/aromatic N) is 2. The standard InChI is InChI=1S/C19H33N3O3S/c1-7-22(8-2)26(24,25)16-10-9-15(5)17(13-16)19(23)21(6)12-11-18(20)14(3)4/h9-10,13-14,18H,7-8,11-12,20H2,1-6H3. The minimum absolute atomic E-state index is 0.0284. The second-order valence-corrected chi connectivity index (χ2v) is 8.93. The van der Waals surface area contributed by atoms with Crippen LogP contribution in [0.1, 0.15) is 50.0 Å². The molecule has 0 aliphatic heterocycles. The predicted molar refractivity (Wildman–Crippen MR) is 106 cm³/mol. The van der Waals surface area contributed by atoms with Crippen LogP contribution >= 0.6 is 0 Å². The van der Waals surface area contributed by atoms with E-state index in [1.807, 2.05) is 6.92 Å². The van der Waals surface area contributed by atoms with E-state index < -0.39 is 10.0 Å². The summed E-state index contributed by atoms with van der Waals surface area (Å²) in [4.78, 5) is 14.6. The average Bonchev–Trinajstić information content (AvgIpc) is 2.59. The summed E-state index contributed by atoms with van der Waals surface area (Å²) in [5.74, 6) is 0.165. The molecule has 0 aromatic heterocycles. The van der Waals surface area contributed by atoms with Crippen LogP contribution < -0.4 is 5.73 Å². The van der Waals surface area contributed by atoms with E-state index in [9.17, 15) is 13.2 Å². The summed E-state index contributed by atoms with van der Waals surface area (Å²) in [6.45, 7) is 10.8. The summed E-state index contributed by atoms with van der Waals surface area (Å²) < 4.78 is 26.8. The molecule has 1 atom stereocenters. The van der Waals surface area contributed by atoms with E-state index >= 15 is 0 Å². The van der Waals surface area contributed by atoms with E-state index in [1.165, 1.54) is 10.4 Å². The molecular weight excluding hydrogens is 350 g/mol. The number of carbonyl (C=O) groups excluding carboxylic acids is 1. The molecule has 1 amide bonds. The quantitative estimate of drug-likeness (QED) is 0.710. The van der Waals surface area contributed by atoms with E-state index in [4.69, 9.17) is 5.73 Å². The van der Waals surface area contributed by atoms with Gasteiger partial charge in [0.05, 0.1) is 4.90 Å². The maximum atomic E-state index is 12.8. The highest BCUT2D eigenvalue weighted by Gasteiger charge is 2.24. The van der Waals surface area contributed by atoms with Gasteiger partial charge in [-0.2, -0.15) is 4.31 Å². The number of hydrogen-bond acceptors (Lipinski definition) is 4. The molecule has 6 nitrogen and oxygen atoms in total. The lowest BCUT2D eigenvalue weighted by Crippen LogP contribution is -2.35. The Morgan fingerprint density at radius 3 is 2.27 bits per heavy atom. The zero-order valence-electron chi connectivity index (χ0n) is 16.8. The lowest BCUT2D eigenvalue weighted by molar-refractivity contribution is 0.0788. The Morgan fingerprint density at radius 2 is 1.77 bits per heavy atom. The van der Waals surface area contributed by atoms with Gasteiger partial charge in [-0.25, -0.2) is 8.42 Å². The maximum Gasteiger partial charge on any atom is 0.253 e. The first kappa shape index (κ1) is 22.6. The Labute approximate surface area is 158 Å². The van der Waals surface area contributed by atoms with Crippen LogP contribution in [0.15, 0.2) is 23.1 Å². The van der Waals surface area contributed by atoms with Crippen LogP contribution in [-0.2, 0) is 10.0 Å². The Morgan fingerprint density at radius 1 is 1.19 bits per heavy atom. The van der Waals surface area contributed by atoms with Crippen molar-refractivity contribution in [2.24, 2.45) is 11.7 Å². The fourth-order valence-electron chi connectivity index (χ4n) is 2.69. The molecule has 1 unspecified atom stereocenters. The van der Waals surface area contributed by atoms with Crippen molar-refractivity contribution >= 4 is 15.9 Å². The average molecular weight is 384 g/mol. The van der Waals surface area contributed by atoms with Crippen LogP contribution in [0.5, 0.6) is 0 Å². The molecule has 0 spiro atoms. The van der Waals surface area contributed by atoms with Crippen LogP contribution in [0.3, 0.4) is 0 Å². The third-order valence-electron chi connectivity index (χ3n) is 4.78. The molecule has 0 fully saturated rings. The van der Waals surface area contributed by atoms with Gasteiger partial charge in [0, 0.05) is 38.3 Å². The molecule has 0 saturated heterocycles. The highest BCUT2D eigenvalue weighted by atomic mass is 32.2. The van der Waals surface area contributed by atoms with Crippen molar-refractivity contribution < 1.29 is 13.2 Å². The van der Waals surface area contributed by atoms with Gasteiger partial charge in [-0.15, -0.1) is 0 Å². The lowest BCUT2D eigenvalue weighted by Gasteiger charge is -2.23. The van der Waals surface area contributed by atoms with Crippen molar-refractivity contribution in [3.63, 3.8) is 0 Å². The molecule has 0 aliphatic carbocycles. The SMILES string of the molecule is CCN(CC)S(=O)(=O)c1ccc(C)c(C(=O)N(C)CCC(N)C(C)C)c1. The fourth-order valence-corrected chi connectivity index (χ4v) is 4.17. The molecular formula is C19H33N3O3S. The molecule has 26 heavy (non-hydrogen) atoms. The zero-order chi connectivity index (χ0) is 20.1. The summed E-state index contributed by atoms with van der Waals surface area (Å²) in [7, 11) is -1.87. The Bertz CT molecular complexity index is 713. The number of carbonyl (C=O) groups is 1. The molecule has 0 heterocycles. The van der Waals surface area contributed by atoms with Gasteiger partial charge in [-0.1, -0.05) is 33.8 Å². The summed E-state index contributed by atoms with van der Waals surface area (Å²) in [5.41, 5.74) is 7.23. The second-order valence-electron chi connectivity index (χ2n) is 6.99. The highest BCUT2D eigenvalue weighted by Crippen LogP contribution is 2.21. The van der Waals surface area contributed by atoms with Gasteiger partial charge in [0.15, 0.2) is 0 Å². The zero-order valence-corrected chi connectivity index (χ0v) is 17.6. The fraction of sp³-hybridized carbons (Fsp3) is 0.632. The van der Waals surface area contributed by atoms with Crippen LogP contribution in [0, 0.1) is 12.8 Å². The molecule has 2 N–H and O–H groups in total. The van der Waals surface area contributed by atoms with Crippen LogP contribution in [-0.4, -0.2) is 56.3 Å². The minimum Gasteiger partial charge on any atom is -0.342 e. The van der Waals surface area contributed by atoms with Gasteiger partial charge in [0.2, 0.25) is 10.0 Å². The number of rotatable bonds is 9. The first-order valence-electron chi connectivity index (χ1n) is 9.18. The summed E-state index contributed by atoms with van der Waals surface area (Å²) >= 11 is 0. The van der Waals surface area contributed by atoms with Crippen molar-refractivity contribution in [2.75, 3.05) is 26.7 Å². The molecule has 0 saturated carbocycles. The molecule has 0 bridgehead atoms. The number of amides is 1. The normalized spacial score (nSPS) is 13.3. The van der Waals surface area contributed by atoms with Crippen molar-refractivity contribution in [1.82, 2.24) is 9.21 Å². The summed E-state index contributed by atoms with van der Waals surface area (Å²) in [5, 5.41) is 0. The van der Waals surface area contributed by atoms with Gasteiger partial charge in [-0.3, -0.25) is 4.79 Å². The van der Waals surface area contributed by atoms with Gasteiger partial charge in [0.1, 0.15) is 0 Å². The van der Waals surface area contributed by atoms with Crippen molar-refractivity contribution in [1.29, 1.82) is 0 Å². The molecule has 1 aromatic carbocycles. The topological polar surface area (TPSA) is 83.7 Å². The van der Waals surface area contributed by atoms with E-state index in [0.29, 0.717) is 37.5 Å². The first-order chi connectivity index (χ1) is 12.1. The number of hydrogen-bond donors (Lipinski definition) is 1. The van der Waals surface area contributed by atoms with Crippen molar-refractivity contribution in [2.45, 2.75) is 52.0 Å². The Hall–Kier alpha value is -1.44. The summed E-state index contributed by atoms with van der Waals surface area (Å²) in [6, 6.07) is 4.77. The highest BCUT2D eigenvalue weighted by molar-refractivity contribution is 7.89. The molecule has 1 aromatic rings. The number of benzene rings is 1. The van der Waals surface area contributed by atoms with E-state index in [-0.39, 0.29) is 16.8 Å². The molecule has 0 aliphatic rings. The molecule has 0 radical (unpaired) electrons. The van der Waals surface area contributed by atoms with Crippen LogP contribution in [0.4, 0.5) is 0 Å². The lowest BCUT2D eigenvalue weighted by atomic mass is 10.0. The Balaban J connectivity index is 3.08. The van der Waals surface area contributed by atoms with Gasteiger partial charge < -0.3 is 10.6 Å². The predicted octanol–water partition coefficient (Wildman–Crippen LogP) is 2.47. The number of sulfonamides is 1. The van der Waals surface area contributed by atoms with Crippen molar-refractivity contribution in [3.05, 3.63) is 29.3 Å². The minimum atomic E-state index is -3.59. The van der Waals surface area contributed by atoms with E-state index in [2.05, 4.69) is 13.8 Å². The van der Waals surface area contributed by atoms with Gasteiger partial charge in [-0.05, 0) is 37.0 Å². The van der Waals surface area contributed by atoms with E-state index in [1.54, 1.807) is 37.9 Å². The molecule has 148 valence electrons. The van der Waals surface area contributed by atoms with Crippen LogP contribution in [0.2, 0.25) is 0 Å². The third kappa shape index (κ3) is 5.28. The summed E-state index contributed by atoms with van der Waals surface area (Å²) in [6.07, 6.45) is 0.705. The maximum absolute atomic E-state index is 12.8. The second kappa shape index (κ2) is 9.48. The van der Waals surface area contributed by atoms with Gasteiger partial charge in [0.25, 0.3) is 5.91 Å². The largest absolute Gasteiger partial charge is 0.342 e. The monoisotopic (exact) mass is 383 g/mol. The first-order valence-corrected chi connectivity index (χ1v) is 10.6. The van der Waals surface area contributed by atoms with Crippen molar-refractivity contribution in [3.8, 4) is 0 Å².